The van der Waals surface area contributed by atoms with Crippen LogP contribution in [0.3, 0.4) is 0 Å². The number of ether oxygens (including phenoxy) is 2. The number of aromatic nitrogens is 4. The number of nitrogens with one attached hydrogen (secondary N) is 2. The summed E-state index contributed by atoms with van der Waals surface area (Å²) >= 11 is 0. The van der Waals surface area contributed by atoms with Gasteiger partial charge in [-0.15, -0.1) is 0 Å². The van der Waals surface area contributed by atoms with Crippen molar-refractivity contribution in [1.82, 2.24) is 19.1 Å². The molecule has 0 aliphatic carbocycles. The summed E-state index contributed by atoms with van der Waals surface area (Å²) in [4.78, 5) is 35.6. The number of methoxy groups -OCH3 is 2. The Hall–Kier alpha value is -4.60. The van der Waals surface area contributed by atoms with E-state index in [2.05, 4.69) is 34.4 Å². The highest BCUT2D eigenvalue weighted by Gasteiger charge is 2.15. The summed E-state index contributed by atoms with van der Waals surface area (Å²) < 4.78 is 13.1. The van der Waals surface area contributed by atoms with Gasteiger partial charge in [0.05, 0.1) is 27.3 Å². The van der Waals surface area contributed by atoms with Crippen molar-refractivity contribution in [2.45, 2.75) is 39.9 Å². The quantitative estimate of drug-likeness (QED) is 0.260. The van der Waals surface area contributed by atoms with E-state index in [1.54, 1.807) is 32.5 Å². The second-order valence-corrected chi connectivity index (χ2v) is 9.84. The number of anilines is 2. The van der Waals surface area contributed by atoms with Crippen LogP contribution in [-0.2, 0) is 19.6 Å². The number of nitrogens with zero attached hydrogens (tertiary/aromatic N) is 4. The fourth-order valence-corrected chi connectivity index (χ4v) is 4.16. The van der Waals surface area contributed by atoms with Crippen LogP contribution in [0.25, 0.3) is 0 Å². The van der Waals surface area contributed by atoms with Crippen molar-refractivity contribution in [2.24, 2.45) is 5.92 Å². The first-order chi connectivity index (χ1) is 19.4. The lowest BCUT2D eigenvalue weighted by molar-refractivity contribution is 0.414. The van der Waals surface area contributed by atoms with Gasteiger partial charge in [-0.3, -0.25) is 4.57 Å². The second-order valence-electron chi connectivity index (χ2n) is 9.84. The van der Waals surface area contributed by atoms with Crippen LogP contribution in [0.4, 0.5) is 11.8 Å². The molecule has 4 aromatic rings. The van der Waals surface area contributed by atoms with Crippen molar-refractivity contribution < 1.29 is 9.47 Å². The Bertz CT molecular complexity index is 1510. The number of hydrogen-bond donors (Lipinski definition) is 2. The minimum atomic E-state index is -0.629. The van der Waals surface area contributed by atoms with Crippen LogP contribution >= 0.6 is 0 Å². The molecule has 0 aliphatic heterocycles. The van der Waals surface area contributed by atoms with Crippen molar-refractivity contribution >= 4 is 11.8 Å². The van der Waals surface area contributed by atoms with Gasteiger partial charge in [-0.25, -0.2) is 19.1 Å². The first-order valence-corrected chi connectivity index (χ1v) is 13.3. The molecule has 2 aromatic heterocycles. The van der Waals surface area contributed by atoms with Gasteiger partial charge in [0.1, 0.15) is 17.3 Å². The second kappa shape index (κ2) is 13.5. The molecule has 0 atom stereocenters. The zero-order valence-electron chi connectivity index (χ0n) is 23.4. The molecule has 4 rings (SSSR count). The van der Waals surface area contributed by atoms with Gasteiger partial charge in [-0.1, -0.05) is 44.2 Å². The van der Waals surface area contributed by atoms with E-state index in [1.807, 2.05) is 48.5 Å². The van der Waals surface area contributed by atoms with E-state index in [4.69, 9.17) is 9.47 Å². The third kappa shape index (κ3) is 7.28. The summed E-state index contributed by atoms with van der Waals surface area (Å²) in [6.45, 7) is 5.77. The van der Waals surface area contributed by atoms with Gasteiger partial charge in [0.25, 0.3) is 0 Å². The van der Waals surface area contributed by atoms with Crippen LogP contribution in [0.5, 0.6) is 11.5 Å². The molecule has 210 valence electrons. The summed E-state index contributed by atoms with van der Waals surface area (Å²) in [7, 11) is 3.19. The van der Waals surface area contributed by atoms with Crippen molar-refractivity contribution in [1.29, 1.82) is 0 Å². The van der Waals surface area contributed by atoms with Crippen molar-refractivity contribution in [3.63, 3.8) is 0 Å². The lowest BCUT2D eigenvalue weighted by Gasteiger charge is -2.17. The average Bonchev–Trinajstić information content (AvgIpc) is 2.97. The lowest BCUT2D eigenvalue weighted by atomic mass is 10.1. The van der Waals surface area contributed by atoms with E-state index in [0.717, 1.165) is 40.0 Å². The fraction of sp³-hybridized carbons (Fsp3) is 0.333. The molecule has 2 aromatic carbocycles. The van der Waals surface area contributed by atoms with Crippen LogP contribution in [0.1, 0.15) is 37.0 Å². The molecule has 0 saturated carbocycles. The molecular formula is C30H36N6O4. The maximum atomic E-state index is 13.7. The van der Waals surface area contributed by atoms with E-state index < -0.39 is 11.4 Å². The van der Waals surface area contributed by atoms with Gasteiger partial charge in [0.15, 0.2) is 0 Å². The third-order valence-corrected chi connectivity index (χ3v) is 6.49. The average molecular weight is 545 g/mol. The Morgan fingerprint density at radius 1 is 0.825 bits per heavy atom. The summed E-state index contributed by atoms with van der Waals surface area (Å²) in [6, 6.07) is 18.5. The molecule has 10 nitrogen and oxygen atoms in total. The van der Waals surface area contributed by atoms with Gasteiger partial charge in [-0.2, -0.15) is 4.98 Å². The molecule has 0 unspecified atom stereocenters. The van der Waals surface area contributed by atoms with Gasteiger partial charge >= 0.3 is 11.4 Å². The minimum Gasteiger partial charge on any atom is -0.497 e. The molecule has 0 saturated heterocycles. The molecule has 0 bridgehead atoms. The summed E-state index contributed by atoms with van der Waals surface area (Å²) in [6.07, 6.45) is 2.75. The molecule has 2 heterocycles. The molecule has 0 fully saturated rings. The van der Waals surface area contributed by atoms with E-state index in [9.17, 15) is 9.59 Å². The topological polar surface area (TPSA) is 112 Å². The maximum Gasteiger partial charge on any atom is 0.355 e. The van der Waals surface area contributed by atoms with Gasteiger partial charge in [-0.05, 0) is 53.8 Å². The summed E-state index contributed by atoms with van der Waals surface area (Å²) in [5.41, 5.74) is 1.45. The predicted molar refractivity (Wildman–Crippen MR) is 156 cm³/mol. The minimum absolute atomic E-state index is 0.0874. The predicted octanol–water partition coefficient (Wildman–Crippen LogP) is 3.98. The summed E-state index contributed by atoms with van der Waals surface area (Å²) in [5, 5.41) is 6.60. The normalized spacial score (nSPS) is 10.9. The number of rotatable bonds is 13. The van der Waals surface area contributed by atoms with Crippen molar-refractivity contribution in [3.8, 4) is 11.5 Å². The van der Waals surface area contributed by atoms with E-state index >= 15 is 0 Å². The largest absolute Gasteiger partial charge is 0.497 e. The zero-order chi connectivity index (χ0) is 28.5. The van der Waals surface area contributed by atoms with Crippen LogP contribution in [0.15, 0.2) is 76.4 Å². The number of hydrogen-bond acceptors (Lipinski definition) is 8. The first kappa shape index (κ1) is 28.4. The SMILES string of the molecule is COc1ccc(Cn2c(NCc3cccnc3NCCC(C)C)nc(=O)n(Cc3ccc(OC)cc3)c2=O)cc1. The van der Waals surface area contributed by atoms with E-state index in [1.165, 1.54) is 4.57 Å². The van der Waals surface area contributed by atoms with E-state index in [0.29, 0.717) is 24.0 Å². The molecule has 0 amide bonds. The Labute approximate surface area is 233 Å². The monoisotopic (exact) mass is 544 g/mol. The van der Waals surface area contributed by atoms with Crippen molar-refractivity contribution in [3.05, 3.63) is 105 Å². The molecule has 10 heteroatoms. The van der Waals surface area contributed by atoms with Crippen LogP contribution in [0.2, 0.25) is 0 Å². The van der Waals surface area contributed by atoms with Gasteiger partial charge in [0, 0.05) is 24.8 Å². The Kier molecular flexibility index (Phi) is 9.56. The fourth-order valence-electron chi connectivity index (χ4n) is 4.16. The lowest BCUT2D eigenvalue weighted by Crippen LogP contribution is -2.43. The zero-order valence-corrected chi connectivity index (χ0v) is 23.4. The van der Waals surface area contributed by atoms with Crippen molar-refractivity contribution in [2.75, 3.05) is 31.4 Å². The number of pyridine rings is 1. The highest BCUT2D eigenvalue weighted by Crippen LogP contribution is 2.16. The van der Waals surface area contributed by atoms with Gasteiger partial charge in [0.2, 0.25) is 5.95 Å². The standard InChI is InChI=1S/C30H36N6O4/c1-21(2)15-17-32-27-24(6-5-16-31-27)18-33-28-34-29(37)36(20-23-9-13-26(40-4)14-10-23)30(38)35(28)19-22-7-11-25(39-3)12-8-22/h5-14,16,21H,15,17-20H2,1-4H3,(H,31,32)(H,33,34,37). The molecule has 0 radical (unpaired) electrons. The van der Waals surface area contributed by atoms with E-state index in [-0.39, 0.29) is 19.0 Å². The number of benzene rings is 2. The maximum absolute atomic E-state index is 13.7. The Balaban J connectivity index is 1.65. The molecular weight excluding hydrogens is 508 g/mol. The van der Waals surface area contributed by atoms with Crippen LogP contribution < -0.4 is 31.5 Å². The van der Waals surface area contributed by atoms with Crippen LogP contribution in [-0.4, -0.2) is 39.9 Å². The molecule has 2 N–H and O–H groups in total. The van der Waals surface area contributed by atoms with Crippen LogP contribution in [0, 0.1) is 5.92 Å². The first-order valence-electron chi connectivity index (χ1n) is 13.3. The molecule has 0 spiro atoms. The molecule has 40 heavy (non-hydrogen) atoms. The molecule has 0 aliphatic rings. The Morgan fingerprint density at radius 2 is 1.43 bits per heavy atom. The Morgan fingerprint density at radius 3 is 2.00 bits per heavy atom. The highest BCUT2D eigenvalue weighted by atomic mass is 16.5. The highest BCUT2D eigenvalue weighted by molar-refractivity contribution is 5.45. The smallest absolute Gasteiger partial charge is 0.355 e. The van der Waals surface area contributed by atoms with Gasteiger partial charge < -0.3 is 20.1 Å². The summed E-state index contributed by atoms with van der Waals surface area (Å²) in [5.74, 6) is 2.92. The third-order valence-electron chi connectivity index (χ3n) is 6.49.